The van der Waals surface area contributed by atoms with Crippen molar-refractivity contribution >= 4 is 18.0 Å². The number of nitrogens with zero attached hydrogens (tertiary/aromatic N) is 1. The third kappa shape index (κ3) is 6.71. The normalized spacial score (nSPS) is 12.0. The fourth-order valence-corrected chi connectivity index (χ4v) is 2.54. The molecule has 0 saturated carbocycles. The molecule has 0 spiro atoms. The molecule has 0 heterocycles. The van der Waals surface area contributed by atoms with E-state index < -0.39 is 23.7 Å². The summed E-state index contributed by atoms with van der Waals surface area (Å²) in [5.74, 6) is -1.27. The van der Waals surface area contributed by atoms with E-state index in [4.69, 9.17) is 4.74 Å². The van der Waals surface area contributed by atoms with Gasteiger partial charge in [0.05, 0.1) is 18.4 Å². The Morgan fingerprint density at radius 3 is 2.62 bits per heavy atom. The molecule has 0 radical (unpaired) electrons. The topological polar surface area (TPSA) is 79.8 Å². The Hall–Kier alpha value is -3.22. The number of amides is 2. The van der Waals surface area contributed by atoms with Crippen LogP contribution < -0.4 is 15.5 Å². The molecule has 7 heteroatoms. The number of halogens is 1. The molecular formula is C22H26FN3O3. The standard InChI is InChI=1S/C22H26FN3O3/c1-4-12-29-17-9-7-8-16(13-17)14-24-26-22(28)20(15(2)3)25-21(27)18-10-5-6-11-19(18)23/h5-11,13-15,20H,4,12H2,1-3H3,(H,25,27)(H,26,28). The lowest BCUT2D eigenvalue weighted by atomic mass is 10.0. The van der Waals surface area contributed by atoms with Crippen molar-refractivity contribution in [1.82, 2.24) is 10.7 Å². The van der Waals surface area contributed by atoms with Gasteiger partial charge in [0.15, 0.2) is 0 Å². The molecule has 0 aromatic heterocycles. The molecule has 6 nitrogen and oxygen atoms in total. The molecule has 0 fully saturated rings. The van der Waals surface area contributed by atoms with Crippen LogP contribution in [0.2, 0.25) is 0 Å². The van der Waals surface area contributed by atoms with Gasteiger partial charge < -0.3 is 10.1 Å². The van der Waals surface area contributed by atoms with Crippen LogP contribution in [0.1, 0.15) is 43.1 Å². The maximum absolute atomic E-state index is 13.8. The number of benzene rings is 2. The van der Waals surface area contributed by atoms with Crippen LogP contribution in [-0.4, -0.2) is 30.7 Å². The first-order valence-corrected chi connectivity index (χ1v) is 9.53. The van der Waals surface area contributed by atoms with Crippen molar-refractivity contribution in [3.8, 4) is 5.75 Å². The highest BCUT2D eigenvalue weighted by Crippen LogP contribution is 2.12. The number of hydrogen-bond donors (Lipinski definition) is 2. The van der Waals surface area contributed by atoms with E-state index in [1.807, 2.05) is 31.2 Å². The summed E-state index contributed by atoms with van der Waals surface area (Å²) in [6.45, 7) is 6.21. The van der Waals surface area contributed by atoms with E-state index >= 15 is 0 Å². The van der Waals surface area contributed by atoms with Gasteiger partial charge in [0.1, 0.15) is 17.6 Å². The number of carbonyl (C=O) groups is 2. The van der Waals surface area contributed by atoms with Crippen molar-refractivity contribution in [2.24, 2.45) is 11.0 Å². The van der Waals surface area contributed by atoms with E-state index in [1.54, 1.807) is 19.9 Å². The molecule has 1 atom stereocenters. The monoisotopic (exact) mass is 399 g/mol. The number of rotatable bonds is 9. The summed E-state index contributed by atoms with van der Waals surface area (Å²) in [6, 6.07) is 12.1. The molecule has 2 N–H and O–H groups in total. The number of hydrogen-bond acceptors (Lipinski definition) is 4. The smallest absolute Gasteiger partial charge is 0.262 e. The number of hydrazone groups is 1. The summed E-state index contributed by atoms with van der Waals surface area (Å²) < 4.78 is 19.4. The molecule has 154 valence electrons. The van der Waals surface area contributed by atoms with Gasteiger partial charge in [-0.05, 0) is 42.2 Å². The zero-order valence-corrected chi connectivity index (χ0v) is 16.8. The third-order valence-electron chi connectivity index (χ3n) is 4.07. The lowest BCUT2D eigenvalue weighted by Crippen LogP contribution is -2.48. The summed E-state index contributed by atoms with van der Waals surface area (Å²) in [5, 5.41) is 6.53. The Labute approximate surface area is 170 Å². The highest BCUT2D eigenvalue weighted by molar-refractivity contribution is 5.98. The van der Waals surface area contributed by atoms with Crippen LogP contribution in [0.25, 0.3) is 0 Å². The quantitative estimate of drug-likeness (QED) is 0.500. The zero-order chi connectivity index (χ0) is 21.2. The van der Waals surface area contributed by atoms with E-state index in [2.05, 4.69) is 15.8 Å². The Kier molecular flexibility index (Phi) is 8.33. The van der Waals surface area contributed by atoms with Crippen molar-refractivity contribution in [1.29, 1.82) is 0 Å². The lowest BCUT2D eigenvalue weighted by molar-refractivity contribution is -0.123. The number of ether oxygens (including phenoxy) is 1. The molecule has 1 unspecified atom stereocenters. The summed E-state index contributed by atoms with van der Waals surface area (Å²) >= 11 is 0. The molecular weight excluding hydrogens is 373 g/mol. The zero-order valence-electron chi connectivity index (χ0n) is 16.8. The van der Waals surface area contributed by atoms with Gasteiger partial charge in [-0.25, -0.2) is 9.82 Å². The number of nitrogens with one attached hydrogen (secondary N) is 2. The van der Waals surface area contributed by atoms with Gasteiger partial charge in [0, 0.05) is 0 Å². The van der Waals surface area contributed by atoms with Crippen LogP contribution in [0, 0.1) is 11.7 Å². The van der Waals surface area contributed by atoms with Gasteiger partial charge in [-0.3, -0.25) is 9.59 Å². The Bertz CT molecular complexity index is 868. The van der Waals surface area contributed by atoms with E-state index in [0.29, 0.717) is 6.61 Å². The average molecular weight is 399 g/mol. The first kappa shape index (κ1) is 22.1. The van der Waals surface area contributed by atoms with E-state index in [1.165, 1.54) is 24.4 Å². The summed E-state index contributed by atoms with van der Waals surface area (Å²) in [6.07, 6.45) is 2.40. The minimum absolute atomic E-state index is 0.113. The fourth-order valence-electron chi connectivity index (χ4n) is 2.54. The highest BCUT2D eigenvalue weighted by Gasteiger charge is 2.25. The van der Waals surface area contributed by atoms with E-state index in [9.17, 15) is 14.0 Å². The molecule has 2 aromatic carbocycles. The van der Waals surface area contributed by atoms with Crippen LogP contribution in [0.15, 0.2) is 53.6 Å². The largest absolute Gasteiger partial charge is 0.494 e. The highest BCUT2D eigenvalue weighted by atomic mass is 19.1. The first-order chi connectivity index (χ1) is 13.9. The van der Waals surface area contributed by atoms with E-state index in [0.717, 1.165) is 17.7 Å². The Balaban J connectivity index is 2.00. The van der Waals surface area contributed by atoms with Crippen molar-refractivity contribution in [3.05, 3.63) is 65.5 Å². The van der Waals surface area contributed by atoms with E-state index in [-0.39, 0.29) is 11.5 Å². The molecule has 0 aliphatic rings. The lowest BCUT2D eigenvalue weighted by Gasteiger charge is -2.20. The van der Waals surface area contributed by atoms with Crippen molar-refractivity contribution in [2.45, 2.75) is 33.2 Å². The summed E-state index contributed by atoms with van der Waals surface area (Å²) in [7, 11) is 0. The predicted molar refractivity (Wildman–Crippen MR) is 110 cm³/mol. The first-order valence-electron chi connectivity index (χ1n) is 9.53. The molecule has 2 rings (SSSR count). The molecule has 2 amide bonds. The second-order valence-corrected chi connectivity index (χ2v) is 6.83. The van der Waals surface area contributed by atoms with Crippen LogP contribution >= 0.6 is 0 Å². The maximum atomic E-state index is 13.8. The van der Waals surface area contributed by atoms with Gasteiger partial charge in [-0.2, -0.15) is 5.10 Å². The predicted octanol–water partition coefficient (Wildman–Crippen LogP) is 3.52. The average Bonchev–Trinajstić information content (AvgIpc) is 2.70. The molecule has 0 aliphatic carbocycles. The molecule has 2 aromatic rings. The van der Waals surface area contributed by atoms with Crippen molar-refractivity contribution in [3.63, 3.8) is 0 Å². The SMILES string of the molecule is CCCOc1cccc(C=NNC(=O)C(NC(=O)c2ccccc2F)C(C)C)c1. The van der Waals surface area contributed by atoms with Gasteiger partial charge in [-0.15, -0.1) is 0 Å². The van der Waals surface area contributed by atoms with Crippen LogP contribution in [-0.2, 0) is 4.79 Å². The minimum atomic E-state index is -0.863. The van der Waals surface area contributed by atoms with Crippen LogP contribution in [0.3, 0.4) is 0 Å². The molecule has 29 heavy (non-hydrogen) atoms. The molecule has 0 bridgehead atoms. The van der Waals surface area contributed by atoms with Gasteiger partial charge in [-0.1, -0.05) is 45.0 Å². The minimum Gasteiger partial charge on any atom is -0.494 e. The Morgan fingerprint density at radius 1 is 1.17 bits per heavy atom. The second kappa shape index (κ2) is 10.9. The Morgan fingerprint density at radius 2 is 1.93 bits per heavy atom. The van der Waals surface area contributed by atoms with Crippen LogP contribution in [0.5, 0.6) is 5.75 Å². The van der Waals surface area contributed by atoms with Crippen LogP contribution in [0.4, 0.5) is 4.39 Å². The van der Waals surface area contributed by atoms with Crippen molar-refractivity contribution in [2.75, 3.05) is 6.61 Å². The molecule has 0 saturated heterocycles. The maximum Gasteiger partial charge on any atom is 0.262 e. The summed E-state index contributed by atoms with van der Waals surface area (Å²) in [5.41, 5.74) is 3.07. The second-order valence-electron chi connectivity index (χ2n) is 6.83. The summed E-state index contributed by atoms with van der Waals surface area (Å²) in [4.78, 5) is 24.8. The fraction of sp³-hybridized carbons (Fsp3) is 0.318. The van der Waals surface area contributed by atoms with Gasteiger partial charge in [0.2, 0.25) is 0 Å². The van der Waals surface area contributed by atoms with Crippen molar-refractivity contribution < 1.29 is 18.7 Å². The van der Waals surface area contributed by atoms with Gasteiger partial charge >= 0.3 is 0 Å². The number of carbonyl (C=O) groups excluding carboxylic acids is 2. The van der Waals surface area contributed by atoms with Gasteiger partial charge in [0.25, 0.3) is 11.8 Å². The molecule has 0 aliphatic heterocycles. The third-order valence-corrected chi connectivity index (χ3v) is 4.07.